The van der Waals surface area contributed by atoms with Crippen LogP contribution in [-0.2, 0) is 25.6 Å². The van der Waals surface area contributed by atoms with Gasteiger partial charge in [-0.1, -0.05) is 23.7 Å². The van der Waals surface area contributed by atoms with Crippen LogP contribution in [0.15, 0.2) is 73.1 Å². The average molecular weight is 689 g/mol. The predicted octanol–water partition coefficient (Wildman–Crippen LogP) is 6.07. The lowest BCUT2D eigenvalue weighted by molar-refractivity contribution is -0.111. The van der Waals surface area contributed by atoms with E-state index in [0.29, 0.717) is 65.9 Å². The van der Waals surface area contributed by atoms with Crippen molar-refractivity contribution in [2.45, 2.75) is 19.4 Å². The zero-order valence-electron chi connectivity index (χ0n) is 27.7. The lowest BCUT2D eigenvalue weighted by Gasteiger charge is -2.19. The van der Waals surface area contributed by atoms with Crippen molar-refractivity contribution in [1.82, 2.24) is 14.9 Å². The molecule has 0 bridgehead atoms. The number of nitriles is 1. The molecule has 258 valence electrons. The number of nitrogens with one attached hydrogen (secondary N) is 2. The number of aromatic hydroxyl groups is 1. The first-order chi connectivity index (χ1) is 23.9. The van der Waals surface area contributed by atoms with Crippen molar-refractivity contribution in [3.05, 3.63) is 89.4 Å². The fourth-order valence-electron chi connectivity index (χ4n) is 4.75. The number of nitrogens with zero attached hydrogens (tertiary/aromatic N) is 4. The number of carbonyl (C=O) groups excluding carboxylic acids is 1. The van der Waals surface area contributed by atoms with Crippen LogP contribution >= 0.6 is 11.6 Å². The Morgan fingerprint density at radius 3 is 2.51 bits per heavy atom. The molecule has 5 rings (SSSR count). The molecule has 3 heterocycles. The Balaban J connectivity index is 0.000000989. The molecule has 1 saturated heterocycles. The van der Waals surface area contributed by atoms with Crippen molar-refractivity contribution in [2.24, 2.45) is 0 Å². The maximum atomic E-state index is 12.7. The number of hydrogen-bond acceptors (Lipinski definition) is 11. The van der Waals surface area contributed by atoms with E-state index in [4.69, 9.17) is 30.5 Å². The topological polar surface area (TPSA) is 151 Å². The molecule has 49 heavy (non-hydrogen) atoms. The van der Waals surface area contributed by atoms with Crippen LogP contribution in [0.25, 0.3) is 10.9 Å². The van der Waals surface area contributed by atoms with E-state index < -0.39 is 5.91 Å². The summed E-state index contributed by atoms with van der Waals surface area (Å²) in [7, 11) is 3.27. The molecular weight excluding hydrogens is 648 g/mol. The van der Waals surface area contributed by atoms with Gasteiger partial charge in [-0.05, 0) is 49.2 Å². The van der Waals surface area contributed by atoms with E-state index in [1.807, 2.05) is 18.2 Å². The van der Waals surface area contributed by atoms with E-state index in [0.717, 1.165) is 18.9 Å². The van der Waals surface area contributed by atoms with Crippen LogP contribution in [0.3, 0.4) is 0 Å². The summed E-state index contributed by atoms with van der Waals surface area (Å²) in [6.45, 7) is 5.26. The molecule has 0 spiro atoms. The van der Waals surface area contributed by atoms with Crippen molar-refractivity contribution >= 4 is 45.5 Å². The predicted molar refractivity (Wildman–Crippen MR) is 189 cm³/mol. The van der Waals surface area contributed by atoms with Crippen LogP contribution in [-0.4, -0.2) is 86.2 Å². The number of carbonyl (C=O) groups is 1. The second-order valence-electron chi connectivity index (χ2n) is 10.9. The number of methoxy groups -OCH3 is 2. The Bertz CT molecular complexity index is 1710. The van der Waals surface area contributed by atoms with Crippen molar-refractivity contribution in [3.8, 4) is 17.6 Å². The van der Waals surface area contributed by atoms with E-state index in [2.05, 4.69) is 31.6 Å². The van der Waals surface area contributed by atoms with Gasteiger partial charge in [0.05, 0.1) is 46.4 Å². The van der Waals surface area contributed by atoms with Gasteiger partial charge >= 0.3 is 0 Å². The third-order valence-corrected chi connectivity index (χ3v) is 7.65. The van der Waals surface area contributed by atoms with Crippen LogP contribution in [0.4, 0.5) is 17.1 Å². The molecule has 4 aromatic rings. The minimum absolute atomic E-state index is 0.165. The second kappa shape index (κ2) is 19.9. The molecule has 0 aliphatic carbocycles. The molecule has 0 unspecified atom stereocenters. The number of hydrogen-bond donors (Lipinski definition) is 3. The highest BCUT2D eigenvalue weighted by Crippen LogP contribution is 2.37. The molecule has 1 fully saturated rings. The Kier molecular flexibility index (Phi) is 15.1. The molecular formula is C36H41ClN6O6. The highest BCUT2D eigenvalue weighted by molar-refractivity contribution is 6.32. The number of amides is 1. The van der Waals surface area contributed by atoms with E-state index >= 15 is 0 Å². The van der Waals surface area contributed by atoms with Crippen molar-refractivity contribution in [2.75, 3.05) is 70.9 Å². The lowest BCUT2D eigenvalue weighted by atomic mass is 10.1. The molecule has 1 aliphatic rings. The number of aromatic nitrogens is 2. The lowest BCUT2D eigenvalue weighted by Crippen LogP contribution is -2.31. The van der Waals surface area contributed by atoms with Crippen LogP contribution in [0.2, 0.25) is 5.02 Å². The zero-order valence-corrected chi connectivity index (χ0v) is 28.4. The summed E-state index contributed by atoms with van der Waals surface area (Å²) in [5, 5.41) is 27.3. The molecule has 13 heteroatoms. The molecule has 0 saturated carbocycles. The van der Waals surface area contributed by atoms with Crippen LogP contribution < -0.4 is 15.4 Å². The molecule has 0 atom stereocenters. The van der Waals surface area contributed by atoms with Gasteiger partial charge in [-0.3, -0.25) is 19.7 Å². The van der Waals surface area contributed by atoms with Crippen LogP contribution in [0.5, 0.6) is 11.5 Å². The van der Waals surface area contributed by atoms with E-state index in [1.54, 1.807) is 50.8 Å². The van der Waals surface area contributed by atoms with Gasteiger partial charge in [0.2, 0.25) is 5.91 Å². The zero-order chi connectivity index (χ0) is 34.8. The quantitative estimate of drug-likeness (QED) is 0.0986. The van der Waals surface area contributed by atoms with Gasteiger partial charge < -0.3 is 34.7 Å². The summed E-state index contributed by atoms with van der Waals surface area (Å²) in [5.41, 5.74) is 2.65. The minimum Gasteiger partial charge on any atom is -0.506 e. The molecule has 2 aromatic carbocycles. The number of halogens is 1. The number of rotatable bonds is 15. The van der Waals surface area contributed by atoms with Crippen LogP contribution in [0, 0.1) is 11.3 Å². The summed E-state index contributed by atoms with van der Waals surface area (Å²) < 4.78 is 21.1. The van der Waals surface area contributed by atoms with Gasteiger partial charge in [-0.15, -0.1) is 0 Å². The van der Waals surface area contributed by atoms with Gasteiger partial charge in [0.1, 0.15) is 24.2 Å². The summed E-state index contributed by atoms with van der Waals surface area (Å²) >= 11 is 6.50. The van der Waals surface area contributed by atoms with E-state index in [1.165, 1.54) is 31.2 Å². The maximum absolute atomic E-state index is 12.7. The highest BCUT2D eigenvalue weighted by Gasteiger charge is 2.15. The van der Waals surface area contributed by atoms with E-state index in [-0.39, 0.29) is 23.6 Å². The summed E-state index contributed by atoms with van der Waals surface area (Å²) in [4.78, 5) is 23.4. The van der Waals surface area contributed by atoms with Crippen molar-refractivity contribution < 1.29 is 28.8 Å². The Hall–Kier alpha value is -4.77. The Morgan fingerprint density at radius 1 is 1.10 bits per heavy atom. The fourth-order valence-corrected chi connectivity index (χ4v) is 4.99. The molecule has 3 N–H and O–H groups in total. The number of anilines is 3. The van der Waals surface area contributed by atoms with Crippen molar-refractivity contribution in [1.29, 1.82) is 5.26 Å². The third-order valence-electron chi connectivity index (χ3n) is 7.35. The molecule has 1 aliphatic heterocycles. The fraction of sp³-hybridized carbons (Fsp3) is 0.333. The number of phenols is 1. The average Bonchev–Trinajstić information content (AvgIpc) is 3.71. The number of fused-ring (bicyclic) bond motifs is 1. The minimum atomic E-state index is -0.426. The number of ether oxygens (including phenoxy) is 4. The van der Waals surface area contributed by atoms with Crippen molar-refractivity contribution in [3.63, 3.8) is 0 Å². The largest absolute Gasteiger partial charge is 0.506 e. The molecule has 1 amide bonds. The van der Waals surface area contributed by atoms with Gasteiger partial charge in [-0.25, -0.2) is 0 Å². The number of benzene rings is 2. The summed E-state index contributed by atoms with van der Waals surface area (Å²) in [6, 6.07) is 15.9. The Morgan fingerprint density at radius 2 is 1.88 bits per heavy atom. The van der Waals surface area contributed by atoms with Gasteiger partial charge in [0.25, 0.3) is 0 Å². The smallest absolute Gasteiger partial charge is 0.248 e. The first kappa shape index (κ1) is 37.1. The van der Waals surface area contributed by atoms with Gasteiger partial charge in [-0.2, -0.15) is 5.26 Å². The van der Waals surface area contributed by atoms with E-state index in [9.17, 15) is 15.2 Å². The monoisotopic (exact) mass is 688 g/mol. The number of pyridine rings is 2. The first-order valence-electron chi connectivity index (χ1n) is 15.8. The summed E-state index contributed by atoms with van der Waals surface area (Å²) in [6.07, 6.45) is 8.79. The maximum Gasteiger partial charge on any atom is 0.248 e. The Labute approximate surface area is 291 Å². The third kappa shape index (κ3) is 11.7. The first-order valence-corrected chi connectivity index (χ1v) is 16.2. The normalized spacial score (nSPS) is 12.5. The van der Waals surface area contributed by atoms with Crippen LogP contribution in [0.1, 0.15) is 24.1 Å². The SMILES string of the molecule is C1CCOC1.COCCN(C/C=C/C(=O)Nc1cc2c(Nc3ccc(OCc4ccccn4)c(Cl)c3)c(C#N)cnc2cc1O)CCOC. The highest BCUT2D eigenvalue weighted by atomic mass is 35.5. The standard InChI is InChI=1S/C32H33ClN6O5.C4H8O/c1-42-14-12-39(13-15-43-2)11-5-7-31(41)38-28-17-25-27(18-29(28)40)36-20-22(19-34)32(25)37-23-8-9-30(26(33)16-23)44-21-24-6-3-4-10-35-24;1-2-4-5-3-1/h3-10,16-18,20,40H,11-15,21H2,1-2H3,(H,36,37)(H,38,41);1-4H2/b7-5+;. The molecule has 12 nitrogen and oxygen atoms in total. The number of phenolic OH excluding ortho intramolecular Hbond substituents is 1. The molecule has 0 radical (unpaired) electrons. The second-order valence-corrected chi connectivity index (χ2v) is 11.3. The van der Waals surface area contributed by atoms with Gasteiger partial charge in [0, 0.05) is 82.7 Å². The van der Waals surface area contributed by atoms with Gasteiger partial charge in [0.15, 0.2) is 0 Å². The molecule has 2 aromatic heterocycles. The summed E-state index contributed by atoms with van der Waals surface area (Å²) in [5.74, 6) is -0.113.